The van der Waals surface area contributed by atoms with Gasteiger partial charge in [-0.05, 0) is 26.0 Å². The summed E-state index contributed by atoms with van der Waals surface area (Å²) >= 11 is 6.08. The zero-order valence-corrected chi connectivity index (χ0v) is 16.6. The first kappa shape index (κ1) is 18.2. The van der Waals surface area contributed by atoms with E-state index in [0.717, 1.165) is 16.6 Å². The number of aromatic amines is 1. The van der Waals surface area contributed by atoms with Crippen LogP contribution in [0, 0.1) is 13.8 Å². The van der Waals surface area contributed by atoms with Crippen LogP contribution < -0.4 is 9.88 Å². The van der Waals surface area contributed by atoms with Gasteiger partial charge < -0.3 is 9.42 Å². The quantitative estimate of drug-likeness (QED) is 0.666. The number of aryl methyl sites for hydroxylation is 2. The van der Waals surface area contributed by atoms with Crippen LogP contribution in [0.2, 0.25) is 5.02 Å². The molecule has 0 bridgehead atoms. The van der Waals surface area contributed by atoms with Crippen molar-refractivity contribution in [2.24, 2.45) is 0 Å². The minimum atomic E-state index is -3.61. The van der Waals surface area contributed by atoms with Crippen molar-refractivity contribution in [1.82, 2.24) is 9.46 Å². The number of sulfonamides is 1. The Morgan fingerprint density at radius 2 is 1.89 bits per heavy atom. The number of anilines is 1. The maximum absolute atomic E-state index is 13.0. The second kappa shape index (κ2) is 6.78. The first-order valence-corrected chi connectivity index (χ1v) is 10.5. The van der Waals surface area contributed by atoms with Crippen molar-refractivity contribution in [3.05, 3.63) is 46.9 Å². The van der Waals surface area contributed by atoms with E-state index in [9.17, 15) is 8.42 Å². The van der Waals surface area contributed by atoms with E-state index in [1.807, 2.05) is 30.5 Å². The van der Waals surface area contributed by atoms with E-state index in [0.29, 0.717) is 42.7 Å². The third-order valence-electron chi connectivity index (χ3n) is 4.88. The zero-order valence-electron chi connectivity index (χ0n) is 15.1. The molecule has 1 aromatic carbocycles. The first-order valence-electron chi connectivity index (χ1n) is 8.66. The maximum atomic E-state index is 13.0. The predicted molar refractivity (Wildman–Crippen MR) is 102 cm³/mol. The Balaban J connectivity index is 1.58. The summed E-state index contributed by atoms with van der Waals surface area (Å²) in [6.45, 7) is 5.28. The molecule has 142 valence electrons. The highest BCUT2D eigenvalue weighted by Gasteiger charge is 2.33. The van der Waals surface area contributed by atoms with Crippen LogP contribution in [0.15, 0.2) is 39.9 Å². The lowest BCUT2D eigenvalue weighted by Crippen LogP contribution is -2.49. The van der Waals surface area contributed by atoms with Gasteiger partial charge in [-0.3, -0.25) is 0 Å². The number of nitrogens with zero attached hydrogens (tertiary/aromatic N) is 3. The van der Waals surface area contributed by atoms with E-state index in [1.165, 1.54) is 4.31 Å². The second-order valence-electron chi connectivity index (χ2n) is 6.60. The Hall–Kier alpha value is -2.16. The van der Waals surface area contributed by atoms with Gasteiger partial charge in [0.25, 0.3) is 0 Å². The molecule has 0 amide bonds. The predicted octanol–water partition coefficient (Wildman–Crippen LogP) is 2.42. The molecular formula is C18H20ClN4O3S+. The summed E-state index contributed by atoms with van der Waals surface area (Å²) in [5, 5.41) is 5.51. The van der Waals surface area contributed by atoms with Gasteiger partial charge in [0.15, 0.2) is 12.0 Å². The third kappa shape index (κ3) is 3.18. The van der Waals surface area contributed by atoms with Gasteiger partial charge in [-0.15, -0.1) is 0 Å². The van der Waals surface area contributed by atoms with E-state index in [1.54, 1.807) is 13.8 Å². The van der Waals surface area contributed by atoms with Gasteiger partial charge in [0.2, 0.25) is 15.5 Å². The number of hydrogen-bond donors (Lipinski definition) is 0. The van der Waals surface area contributed by atoms with Gasteiger partial charge in [0, 0.05) is 43.3 Å². The highest BCUT2D eigenvalue weighted by atomic mass is 35.5. The number of halogens is 1. The molecule has 7 nitrogen and oxygen atoms in total. The normalized spacial score (nSPS) is 16.2. The van der Waals surface area contributed by atoms with Gasteiger partial charge in [-0.2, -0.15) is 4.31 Å². The van der Waals surface area contributed by atoms with Crippen molar-refractivity contribution in [3.8, 4) is 0 Å². The Morgan fingerprint density at radius 3 is 2.56 bits per heavy atom. The molecule has 1 aliphatic rings. The molecule has 0 aliphatic carbocycles. The Bertz CT molecular complexity index is 1090. The molecule has 0 radical (unpaired) electrons. The Kier molecular flexibility index (Phi) is 4.57. The zero-order chi connectivity index (χ0) is 19.2. The molecule has 0 spiro atoms. The number of aromatic nitrogens is 2. The molecule has 1 aliphatic heterocycles. The number of rotatable bonds is 3. The molecule has 3 aromatic rings. The molecule has 0 saturated carbocycles. The van der Waals surface area contributed by atoms with Crippen LogP contribution in [0.25, 0.3) is 10.9 Å². The number of nitrogens with one attached hydrogen (secondary N) is 1. The fourth-order valence-corrected chi connectivity index (χ4v) is 5.46. The number of pyridine rings is 1. The second-order valence-corrected chi connectivity index (χ2v) is 8.91. The number of H-pyrrole nitrogens is 1. The van der Waals surface area contributed by atoms with E-state index in [4.69, 9.17) is 16.1 Å². The molecule has 9 heteroatoms. The number of piperazine rings is 1. The summed E-state index contributed by atoms with van der Waals surface area (Å²) < 4.78 is 32.5. The summed E-state index contributed by atoms with van der Waals surface area (Å²) in [6.07, 6.45) is 1.88. The van der Waals surface area contributed by atoms with Gasteiger partial charge in [0.1, 0.15) is 10.6 Å². The van der Waals surface area contributed by atoms with Gasteiger partial charge >= 0.3 is 0 Å². The molecule has 1 fully saturated rings. The van der Waals surface area contributed by atoms with Gasteiger partial charge in [0.05, 0.1) is 11.1 Å². The molecule has 2 aromatic heterocycles. The lowest BCUT2D eigenvalue weighted by Gasteiger charge is -2.35. The van der Waals surface area contributed by atoms with Crippen molar-refractivity contribution in [2.45, 2.75) is 18.7 Å². The third-order valence-corrected chi connectivity index (χ3v) is 7.26. The van der Waals surface area contributed by atoms with Crippen molar-refractivity contribution in [2.75, 3.05) is 31.1 Å². The van der Waals surface area contributed by atoms with Crippen LogP contribution in [0.3, 0.4) is 0 Å². The lowest BCUT2D eigenvalue weighted by atomic mass is 10.1. The first-order chi connectivity index (χ1) is 12.9. The fraction of sp³-hybridized carbons (Fsp3) is 0.333. The van der Waals surface area contributed by atoms with Crippen LogP contribution in [0.5, 0.6) is 0 Å². The van der Waals surface area contributed by atoms with Crippen molar-refractivity contribution < 1.29 is 17.9 Å². The molecule has 1 N–H and O–H groups in total. The van der Waals surface area contributed by atoms with Crippen LogP contribution in [0.1, 0.15) is 11.5 Å². The molecule has 27 heavy (non-hydrogen) atoms. The largest absolute Gasteiger partial charge is 0.368 e. The summed E-state index contributed by atoms with van der Waals surface area (Å²) in [5.41, 5.74) is 2.41. The molecule has 0 unspecified atom stereocenters. The standard InChI is InChI=1S/C18H19ClN4O3S/c1-12-18(13(2)26-21-12)27(24,25)23-9-7-22(8-10-23)17-5-6-20-16-11-14(19)3-4-15(16)17/h3-6,11H,7-10H2,1-2H3/p+1. The van der Waals surface area contributed by atoms with Crippen molar-refractivity contribution >= 4 is 38.2 Å². The van der Waals surface area contributed by atoms with E-state index in [-0.39, 0.29) is 4.90 Å². The number of hydrogen-bond acceptors (Lipinski definition) is 5. The van der Waals surface area contributed by atoms with E-state index in [2.05, 4.69) is 15.0 Å². The Morgan fingerprint density at radius 1 is 1.15 bits per heavy atom. The molecule has 3 heterocycles. The van der Waals surface area contributed by atoms with Crippen molar-refractivity contribution in [3.63, 3.8) is 0 Å². The average molecular weight is 408 g/mol. The lowest BCUT2D eigenvalue weighted by molar-refractivity contribution is -0.344. The SMILES string of the molecule is Cc1noc(C)c1S(=O)(=O)N1CCN(c2cc[nH+]c3cc(Cl)ccc23)CC1. The van der Waals surface area contributed by atoms with Crippen LogP contribution >= 0.6 is 11.6 Å². The highest BCUT2D eigenvalue weighted by Crippen LogP contribution is 2.29. The van der Waals surface area contributed by atoms with Crippen LogP contribution in [0.4, 0.5) is 5.69 Å². The van der Waals surface area contributed by atoms with E-state index < -0.39 is 10.0 Å². The fourth-order valence-electron chi connectivity index (χ4n) is 3.58. The average Bonchev–Trinajstić information content (AvgIpc) is 3.00. The molecule has 0 atom stereocenters. The minimum absolute atomic E-state index is 0.186. The van der Waals surface area contributed by atoms with E-state index >= 15 is 0 Å². The number of benzene rings is 1. The summed E-state index contributed by atoms with van der Waals surface area (Å²) in [6, 6.07) is 7.74. The summed E-state index contributed by atoms with van der Waals surface area (Å²) in [7, 11) is -3.61. The molecule has 4 rings (SSSR count). The van der Waals surface area contributed by atoms with Gasteiger partial charge in [-0.25, -0.2) is 13.4 Å². The molecular weight excluding hydrogens is 388 g/mol. The molecule has 1 saturated heterocycles. The maximum Gasteiger partial charge on any atom is 0.248 e. The summed E-state index contributed by atoms with van der Waals surface area (Å²) in [5.74, 6) is 0.330. The van der Waals surface area contributed by atoms with Crippen LogP contribution in [-0.4, -0.2) is 44.1 Å². The van der Waals surface area contributed by atoms with Gasteiger partial charge in [-0.1, -0.05) is 16.8 Å². The van der Waals surface area contributed by atoms with Crippen molar-refractivity contribution in [1.29, 1.82) is 0 Å². The smallest absolute Gasteiger partial charge is 0.248 e. The number of fused-ring (bicyclic) bond motifs is 1. The topological polar surface area (TPSA) is 80.8 Å². The highest BCUT2D eigenvalue weighted by molar-refractivity contribution is 7.89. The monoisotopic (exact) mass is 407 g/mol. The summed E-state index contributed by atoms with van der Waals surface area (Å²) in [4.78, 5) is 5.58. The minimum Gasteiger partial charge on any atom is -0.368 e. The van der Waals surface area contributed by atoms with Crippen LogP contribution in [-0.2, 0) is 10.0 Å². The Labute approximate surface area is 162 Å².